The molecule has 19 heavy (non-hydrogen) atoms. The van der Waals surface area contributed by atoms with Crippen LogP contribution < -0.4 is 5.32 Å². The minimum Gasteiger partial charge on any atom is -0.444 e. The predicted octanol–water partition coefficient (Wildman–Crippen LogP) is 2.30. The van der Waals surface area contributed by atoms with Gasteiger partial charge in [0.1, 0.15) is 5.60 Å². The van der Waals surface area contributed by atoms with Crippen molar-refractivity contribution in [3.05, 3.63) is 0 Å². The Morgan fingerprint density at radius 2 is 1.84 bits per heavy atom. The average molecular weight is 270 g/mol. The van der Waals surface area contributed by atoms with E-state index >= 15 is 0 Å². The molecule has 1 fully saturated rings. The van der Waals surface area contributed by atoms with Crippen LogP contribution in [0.4, 0.5) is 4.79 Å². The number of hydrogen-bond donors (Lipinski definition) is 1. The first kappa shape index (κ1) is 15.8. The maximum atomic E-state index is 12.0. The second kappa shape index (κ2) is 7.36. The van der Waals surface area contributed by atoms with E-state index in [0.717, 1.165) is 32.2 Å². The van der Waals surface area contributed by atoms with Crippen molar-refractivity contribution in [1.82, 2.24) is 10.2 Å². The van der Waals surface area contributed by atoms with E-state index in [2.05, 4.69) is 5.32 Å². The Labute approximate surface area is 115 Å². The summed E-state index contributed by atoms with van der Waals surface area (Å²) in [5, 5.41) is 2.87. The molecule has 0 unspecified atom stereocenters. The van der Waals surface area contributed by atoms with Gasteiger partial charge in [0.25, 0.3) is 0 Å². The van der Waals surface area contributed by atoms with Crippen LogP contribution in [0.3, 0.4) is 0 Å². The minimum atomic E-state index is -0.494. The zero-order valence-electron chi connectivity index (χ0n) is 12.3. The highest BCUT2D eigenvalue weighted by atomic mass is 16.6. The summed E-state index contributed by atoms with van der Waals surface area (Å²) < 4.78 is 5.37. The van der Waals surface area contributed by atoms with Crippen molar-refractivity contribution in [3.63, 3.8) is 0 Å². The first-order chi connectivity index (χ1) is 8.88. The van der Waals surface area contributed by atoms with Crippen LogP contribution in [0.15, 0.2) is 0 Å². The number of rotatable bonds is 0. The van der Waals surface area contributed by atoms with Crippen LogP contribution in [-0.4, -0.2) is 42.1 Å². The molecule has 1 rings (SSSR count). The molecule has 1 heterocycles. The standard InChI is InChI=1S/C14H26N2O3/c1-14(2,3)19-13(18)16-10-7-5-4-6-9-15-12(17)8-11-16/h4-11H2,1-3H3,(H,15,17). The van der Waals surface area contributed by atoms with Gasteiger partial charge in [-0.05, 0) is 33.6 Å². The predicted molar refractivity (Wildman–Crippen MR) is 73.9 cm³/mol. The number of nitrogens with zero attached hydrogens (tertiary/aromatic N) is 1. The molecule has 0 aliphatic carbocycles. The minimum absolute atomic E-state index is 0.00968. The number of ether oxygens (including phenoxy) is 1. The van der Waals surface area contributed by atoms with Crippen LogP contribution in [-0.2, 0) is 9.53 Å². The van der Waals surface area contributed by atoms with Crippen LogP contribution in [0.1, 0.15) is 52.9 Å². The SMILES string of the molecule is CC(C)(C)OC(=O)N1CCCCCCNC(=O)CC1. The molecule has 5 heteroatoms. The Balaban J connectivity index is 2.56. The van der Waals surface area contributed by atoms with Gasteiger partial charge in [0.15, 0.2) is 0 Å². The molecule has 0 aromatic heterocycles. The third kappa shape index (κ3) is 7.03. The summed E-state index contributed by atoms with van der Waals surface area (Å²) in [5.74, 6) is 0.00968. The van der Waals surface area contributed by atoms with Gasteiger partial charge in [-0.2, -0.15) is 0 Å². The molecule has 0 atom stereocenters. The maximum Gasteiger partial charge on any atom is 0.410 e. The molecule has 5 nitrogen and oxygen atoms in total. The molecule has 0 bridgehead atoms. The summed E-state index contributed by atoms with van der Waals surface area (Å²) in [6.45, 7) is 7.39. The van der Waals surface area contributed by atoms with Gasteiger partial charge in [-0.25, -0.2) is 4.79 Å². The molecule has 0 radical (unpaired) electrons. The van der Waals surface area contributed by atoms with E-state index in [1.807, 2.05) is 20.8 Å². The molecular weight excluding hydrogens is 244 g/mol. The van der Waals surface area contributed by atoms with Gasteiger partial charge in [-0.15, -0.1) is 0 Å². The second-order valence-corrected chi connectivity index (χ2v) is 5.98. The fraction of sp³-hybridized carbons (Fsp3) is 0.857. The van der Waals surface area contributed by atoms with E-state index in [4.69, 9.17) is 4.74 Å². The number of carbonyl (C=O) groups is 2. The van der Waals surface area contributed by atoms with Crippen LogP contribution in [0.2, 0.25) is 0 Å². The van der Waals surface area contributed by atoms with E-state index in [1.165, 1.54) is 0 Å². The molecule has 1 aliphatic rings. The fourth-order valence-electron chi connectivity index (χ4n) is 1.95. The Bertz CT molecular complexity index is 310. The molecule has 110 valence electrons. The van der Waals surface area contributed by atoms with Crippen molar-refractivity contribution in [2.24, 2.45) is 0 Å². The topological polar surface area (TPSA) is 58.6 Å². The molecule has 2 amide bonds. The Hall–Kier alpha value is -1.26. The van der Waals surface area contributed by atoms with Gasteiger partial charge >= 0.3 is 6.09 Å². The molecular formula is C14H26N2O3. The van der Waals surface area contributed by atoms with Crippen LogP contribution in [0, 0.1) is 0 Å². The quantitative estimate of drug-likeness (QED) is 0.735. The zero-order chi connectivity index (χ0) is 14.3. The smallest absolute Gasteiger partial charge is 0.410 e. The van der Waals surface area contributed by atoms with E-state index in [9.17, 15) is 9.59 Å². The second-order valence-electron chi connectivity index (χ2n) is 5.98. The number of hydrogen-bond acceptors (Lipinski definition) is 3. The fourth-order valence-corrected chi connectivity index (χ4v) is 1.95. The lowest BCUT2D eigenvalue weighted by atomic mass is 10.2. The van der Waals surface area contributed by atoms with E-state index in [1.54, 1.807) is 4.90 Å². The Morgan fingerprint density at radius 3 is 2.53 bits per heavy atom. The highest BCUT2D eigenvalue weighted by molar-refractivity contribution is 5.77. The lowest BCUT2D eigenvalue weighted by molar-refractivity contribution is -0.121. The average Bonchev–Trinajstić information content (AvgIpc) is 2.32. The normalized spacial score (nSPS) is 19.3. The first-order valence-electron chi connectivity index (χ1n) is 7.13. The van der Waals surface area contributed by atoms with Crippen LogP contribution in [0.25, 0.3) is 0 Å². The summed E-state index contributed by atoms with van der Waals surface area (Å²) in [7, 11) is 0. The van der Waals surface area contributed by atoms with Crippen molar-refractivity contribution in [2.45, 2.75) is 58.5 Å². The Morgan fingerprint density at radius 1 is 1.16 bits per heavy atom. The van der Waals surface area contributed by atoms with Gasteiger partial charge < -0.3 is 15.0 Å². The summed E-state index contributed by atoms with van der Waals surface area (Å²) in [6, 6.07) is 0. The third-order valence-corrected chi connectivity index (χ3v) is 2.94. The van der Waals surface area contributed by atoms with E-state index < -0.39 is 5.60 Å². The molecule has 1 N–H and O–H groups in total. The van der Waals surface area contributed by atoms with Crippen LogP contribution in [0.5, 0.6) is 0 Å². The van der Waals surface area contributed by atoms with Gasteiger partial charge in [0, 0.05) is 26.1 Å². The molecule has 0 spiro atoms. The zero-order valence-corrected chi connectivity index (χ0v) is 12.3. The lowest BCUT2D eigenvalue weighted by Gasteiger charge is -2.27. The molecule has 1 saturated heterocycles. The van der Waals surface area contributed by atoms with E-state index in [0.29, 0.717) is 19.5 Å². The van der Waals surface area contributed by atoms with Crippen molar-refractivity contribution in [3.8, 4) is 0 Å². The van der Waals surface area contributed by atoms with Crippen molar-refractivity contribution in [2.75, 3.05) is 19.6 Å². The number of carbonyl (C=O) groups excluding carboxylic acids is 2. The van der Waals surface area contributed by atoms with Crippen LogP contribution >= 0.6 is 0 Å². The number of nitrogens with one attached hydrogen (secondary N) is 1. The Kier molecular flexibility index (Phi) is 6.12. The summed E-state index contributed by atoms with van der Waals surface area (Å²) in [4.78, 5) is 25.3. The highest BCUT2D eigenvalue weighted by Crippen LogP contribution is 2.12. The van der Waals surface area contributed by atoms with Gasteiger partial charge in [0.05, 0.1) is 0 Å². The highest BCUT2D eigenvalue weighted by Gasteiger charge is 2.22. The molecule has 1 aliphatic heterocycles. The van der Waals surface area contributed by atoms with E-state index in [-0.39, 0.29) is 12.0 Å². The third-order valence-electron chi connectivity index (χ3n) is 2.94. The maximum absolute atomic E-state index is 12.0. The lowest BCUT2D eigenvalue weighted by Crippen LogP contribution is -2.39. The molecule has 0 aromatic rings. The summed E-state index contributed by atoms with van der Waals surface area (Å²) in [6.07, 6.45) is 4.17. The molecule has 0 aromatic carbocycles. The van der Waals surface area contributed by atoms with Crippen molar-refractivity contribution in [1.29, 1.82) is 0 Å². The van der Waals surface area contributed by atoms with Crippen molar-refractivity contribution >= 4 is 12.0 Å². The van der Waals surface area contributed by atoms with Gasteiger partial charge in [-0.1, -0.05) is 12.8 Å². The monoisotopic (exact) mass is 270 g/mol. The number of amides is 2. The summed E-state index contributed by atoms with van der Waals surface area (Å²) >= 11 is 0. The molecule has 0 saturated carbocycles. The van der Waals surface area contributed by atoms with Crippen molar-refractivity contribution < 1.29 is 14.3 Å². The van der Waals surface area contributed by atoms with Gasteiger partial charge in [0.2, 0.25) is 5.91 Å². The summed E-state index contributed by atoms with van der Waals surface area (Å²) in [5.41, 5.74) is -0.494. The largest absolute Gasteiger partial charge is 0.444 e. The van der Waals surface area contributed by atoms with Gasteiger partial charge in [-0.3, -0.25) is 4.79 Å². The first-order valence-corrected chi connectivity index (χ1v) is 7.13.